The monoisotopic (exact) mass is 263 g/mol. The molecule has 0 rings (SSSR count). The van der Waals surface area contributed by atoms with Crippen LogP contribution in [0.5, 0.6) is 0 Å². The maximum Gasteiger partial charge on any atom is 0.147 e. The van der Waals surface area contributed by atoms with Crippen molar-refractivity contribution in [1.29, 1.82) is 0 Å². The Hall–Kier alpha value is -0.0900. The molecular formula is C13H29NO2S. The number of hydrogen-bond acceptors (Lipinski definition) is 3. The van der Waals surface area contributed by atoms with Gasteiger partial charge in [-0.2, -0.15) is 0 Å². The standard InChI is InChI=1S/C13H29NO2S/c1-11(2)9-13(10-14-12(3)4)7-6-8-17(5,15)16/h11-14H,6-10H2,1-5H3. The van der Waals surface area contributed by atoms with Crippen molar-refractivity contribution in [2.24, 2.45) is 11.8 Å². The molecule has 17 heavy (non-hydrogen) atoms. The molecule has 0 amide bonds. The summed E-state index contributed by atoms with van der Waals surface area (Å²) in [7, 11) is -2.80. The number of nitrogens with one attached hydrogen (secondary N) is 1. The van der Waals surface area contributed by atoms with Crippen LogP contribution in [0.2, 0.25) is 0 Å². The minimum absolute atomic E-state index is 0.323. The highest BCUT2D eigenvalue weighted by Crippen LogP contribution is 2.17. The molecule has 0 aromatic heterocycles. The van der Waals surface area contributed by atoms with Crippen LogP contribution in [0.25, 0.3) is 0 Å². The Morgan fingerprint density at radius 3 is 2.12 bits per heavy atom. The quantitative estimate of drug-likeness (QED) is 0.695. The minimum Gasteiger partial charge on any atom is -0.314 e. The van der Waals surface area contributed by atoms with Crippen molar-refractivity contribution >= 4 is 9.84 Å². The van der Waals surface area contributed by atoms with Crippen molar-refractivity contribution in [3.8, 4) is 0 Å². The van der Waals surface area contributed by atoms with E-state index in [4.69, 9.17) is 0 Å². The Morgan fingerprint density at radius 2 is 1.71 bits per heavy atom. The maximum atomic E-state index is 11.1. The first-order valence-electron chi connectivity index (χ1n) is 6.61. The van der Waals surface area contributed by atoms with E-state index >= 15 is 0 Å². The zero-order valence-corrected chi connectivity index (χ0v) is 12.8. The Bertz CT molecular complexity index is 284. The lowest BCUT2D eigenvalue weighted by Gasteiger charge is -2.21. The second kappa shape index (κ2) is 8.09. The Kier molecular flexibility index (Phi) is 8.05. The van der Waals surface area contributed by atoms with E-state index in [9.17, 15) is 8.42 Å². The predicted octanol–water partition coefficient (Wildman–Crippen LogP) is 2.47. The van der Waals surface area contributed by atoms with Crippen molar-refractivity contribution in [2.75, 3.05) is 18.6 Å². The van der Waals surface area contributed by atoms with E-state index in [-0.39, 0.29) is 0 Å². The smallest absolute Gasteiger partial charge is 0.147 e. The Balaban J connectivity index is 4.01. The second-order valence-corrected chi connectivity index (χ2v) is 8.09. The van der Waals surface area contributed by atoms with Crippen molar-refractivity contribution in [3.05, 3.63) is 0 Å². The van der Waals surface area contributed by atoms with Gasteiger partial charge in [-0.15, -0.1) is 0 Å². The molecule has 0 bridgehead atoms. The van der Waals surface area contributed by atoms with E-state index < -0.39 is 9.84 Å². The molecule has 0 fully saturated rings. The van der Waals surface area contributed by atoms with Crippen molar-refractivity contribution in [1.82, 2.24) is 5.32 Å². The predicted molar refractivity (Wildman–Crippen MR) is 75.0 cm³/mol. The Labute approximate surface area is 107 Å². The summed E-state index contributed by atoms with van der Waals surface area (Å²) in [6, 6.07) is 0.500. The number of hydrogen-bond donors (Lipinski definition) is 1. The van der Waals surface area contributed by atoms with Crippen molar-refractivity contribution < 1.29 is 8.42 Å². The molecule has 0 aliphatic heterocycles. The molecule has 1 N–H and O–H groups in total. The summed E-state index contributed by atoms with van der Waals surface area (Å²) < 4.78 is 22.2. The average Bonchev–Trinajstić information content (AvgIpc) is 2.10. The van der Waals surface area contributed by atoms with E-state index in [0.717, 1.165) is 19.4 Å². The lowest BCUT2D eigenvalue weighted by atomic mass is 9.93. The molecule has 0 aromatic rings. The molecule has 0 aliphatic carbocycles. The third-order valence-electron chi connectivity index (χ3n) is 2.75. The van der Waals surface area contributed by atoms with Gasteiger partial charge in [-0.05, 0) is 37.6 Å². The average molecular weight is 263 g/mol. The molecule has 0 spiro atoms. The second-order valence-electron chi connectivity index (χ2n) is 5.83. The highest BCUT2D eigenvalue weighted by Gasteiger charge is 2.12. The van der Waals surface area contributed by atoms with Gasteiger partial charge in [0.2, 0.25) is 0 Å². The topological polar surface area (TPSA) is 46.2 Å². The highest BCUT2D eigenvalue weighted by atomic mass is 32.2. The molecule has 0 saturated heterocycles. The number of rotatable bonds is 9. The highest BCUT2D eigenvalue weighted by molar-refractivity contribution is 7.90. The van der Waals surface area contributed by atoms with Gasteiger partial charge in [0.25, 0.3) is 0 Å². The SMILES string of the molecule is CC(C)CC(CCCS(C)(=O)=O)CNC(C)C. The molecule has 0 saturated carbocycles. The summed E-state index contributed by atoms with van der Waals surface area (Å²) in [5.74, 6) is 1.59. The van der Waals surface area contributed by atoms with Crippen LogP contribution in [0.1, 0.15) is 47.0 Å². The van der Waals surface area contributed by atoms with Crippen molar-refractivity contribution in [2.45, 2.75) is 53.0 Å². The zero-order valence-electron chi connectivity index (χ0n) is 12.0. The molecule has 3 nitrogen and oxygen atoms in total. The lowest BCUT2D eigenvalue weighted by molar-refractivity contribution is 0.353. The van der Waals surface area contributed by atoms with Gasteiger partial charge in [0, 0.05) is 18.1 Å². The van der Waals surface area contributed by atoms with Crippen LogP contribution in [0.4, 0.5) is 0 Å². The van der Waals surface area contributed by atoms with Crippen LogP contribution in [0.3, 0.4) is 0 Å². The summed E-state index contributed by atoms with van der Waals surface area (Å²) in [4.78, 5) is 0. The fourth-order valence-corrected chi connectivity index (χ4v) is 2.70. The summed E-state index contributed by atoms with van der Waals surface area (Å²) in [6.07, 6.45) is 4.28. The first-order chi connectivity index (χ1) is 7.70. The molecule has 1 atom stereocenters. The molecule has 104 valence electrons. The van der Waals surface area contributed by atoms with Gasteiger partial charge in [-0.3, -0.25) is 0 Å². The van der Waals surface area contributed by atoms with Crippen LogP contribution in [0, 0.1) is 11.8 Å². The van der Waals surface area contributed by atoms with Crippen molar-refractivity contribution in [3.63, 3.8) is 0 Å². The van der Waals surface area contributed by atoms with Crippen LogP contribution in [-0.4, -0.2) is 33.0 Å². The summed E-state index contributed by atoms with van der Waals surface area (Å²) >= 11 is 0. The molecule has 0 aromatic carbocycles. The largest absolute Gasteiger partial charge is 0.314 e. The van der Waals surface area contributed by atoms with Gasteiger partial charge in [-0.1, -0.05) is 27.7 Å². The third kappa shape index (κ3) is 12.2. The molecule has 4 heteroatoms. The summed E-state index contributed by atoms with van der Waals surface area (Å²) in [5, 5.41) is 3.45. The molecule has 0 aliphatic rings. The normalized spacial score (nSPS) is 14.5. The van der Waals surface area contributed by atoms with E-state index in [2.05, 4.69) is 33.0 Å². The van der Waals surface area contributed by atoms with Crippen LogP contribution >= 0.6 is 0 Å². The minimum atomic E-state index is -2.80. The van der Waals surface area contributed by atoms with E-state index in [1.165, 1.54) is 12.7 Å². The first kappa shape index (κ1) is 16.9. The van der Waals surface area contributed by atoms with Crippen LogP contribution < -0.4 is 5.32 Å². The van der Waals surface area contributed by atoms with Gasteiger partial charge in [0.1, 0.15) is 9.84 Å². The van der Waals surface area contributed by atoms with Gasteiger partial charge in [0.05, 0.1) is 0 Å². The van der Waals surface area contributed by atoms with Gasteiger partial charge < -0.3 is 5.32 Å². The van der Waals surface area contributed by atoms with E-state index in [1.807, 2.05) is 0 Å². The van der Waals surface area contributed by atoms with Crippen LogP contribution in [-0.2, 0) is 9.84 Å². The molecule has 0 heterocycles. The fraction of sp³-hybridized carbons (Fsp3) is 1.00. The maximum absolute atomic E-state index is 11.1. The van der Waals surface area contributed by atoms with Gasteiger partial charge in [0.15, 0.2) is 0 Å². The summed E-state index contributed by atoms with van der Waals surface area (Å²) in [6.45, 7) is 9.73. The molecular weight excluding hydrogens is 234 g/mol. The lowest BCUT2D eigenvalue weighted by Crippen LogP contribution is -2.29. The molecule has 0 radical (unpaired) electrons. The van der Waals surface area contributed by atoms with Crippen LogP contribution in [0.15, 0.2) is 0 Å². The van der Waals surface area contributed by atoms with Gasteiger partial charge >= 0.3 is 0 Å². The van der Waals surface area contributed by atoms with E-state index in [0.29, 0.717) is 23.6 Å². The number of sulfone groups is 1. The van der Waals surface area contributed by atoms with E-state index in [1.54, 1.807) is 0 Å². The van der Waals surface area contributed by atoms with Gasteiger partial charge in [-0.25, -0.2) is 8.42 Å². The zero-order chi connectivity index (χ0) is 13.5. The third-order valence-corrected chi connectivity index (χ3v) is 3.78. The fourth-order valence-electron chi connectivity index (χ4n) is 2.01. The first-order valence-corrected chi connectivity index (χ1v) is 8.68. The molecule has 1 unspecified atom stereocenters. The summed E-state index contributed by atoms with van der Waals surface area (Å²) in [5.41, 5.74) is 0. The Morgan fingerprint density at radius 1 is 1.12 bits per heavy atom.